The van der Waals surface area contributed by atoms with E-state index in [0.717, 1.165) is 33.3 Å². The molecule has 0 unspecified atom stereocenters. The first-order valence-electron chi connectivity index (χ1n) is 7.77. The molecule has 0 spiro atoms. The molecule has 4 heteroatoms. The summed E-state index contributed by atoms with van der Waals surface area (Å²) in [7, 11) is 0. The van der Waals surface area contributed by atoms with Crippen molar-refractivity contribution in [2.75, 3.05) is 0 Å². The zero-order chi connectivity index (χ0) is 15.9. The molecular weight excluding hydrogens is 298 g/mol. The molecule has 2 aromatic carbocycles. The van der Waals surface area contributed by atoms with Crippen LogP contribution in [0.1, 0.15) is 0 Å². The molecule has 0 aliphatic rings. The van der Waals surface area contributed by atoms with E-state index < -0.39 is 0 Å². The van der Waals surface area contributed by atoms with Crippen LogP contribution < -0.4 is 0 Å². The average molecular weight is 311 g/mol. The van der Waals surface area contributed by atoms with Gasteiger partial charge in [-0.05, 0) is 30.3 Å². The van der Waals surface area contributed by atoms with Gasteiger partial charge in [-0.3, -0.25) is 4.57 Å². The highest BCUT2D eigenvalue weighted by Crippen LogP contribution is 2.33. The number of fused-ring (bicyclic) bond motifs is 2. The Balaban J connectivity index is 1.85. The number of hydrogen-bond donors (Lipinski definition) is 0. The van der Waals surface area contributed by atoms with Gasteiger partial charge >= 0.3 is 0 Å². The maximum absolute atomic E-state index is 6.07. The zero-order valence-electron chi connectivity index (χ0n) is 12.8. The van der Waals surface area contributed by atoms with Crippen LogP contribution in [0.25, 0.3) is 39.3 Å². The molecule has 3 aromatic heterocycles. The molecule has 0 saturated heterocycles. The summed E-state index contributed by atoms with van der Waals surface area (Å²) in [4.78, 5) is 8.84. The van der Waals surface area contributed by atoms with Crippen molar-refractivity contribution in [2.45, 2.75) is 0 Å². The van der Waals surface area contributed by atoms with Crippen LogP contribution in [0.4, 0.5) is 0 Å². The second-order valence-electron chi connectivity index (χ2n) is 5.62. The van der Waals surface area contributed by atoms with Gasteiger partial charge < -0.3 is 4.42 Å². The third-order valence-corrected chi connectivity index (χ3v) is 4.14. The summed E-state index contributed by atoms with van der Waals surface area (Å²) in [5.74, 6) is 1.44. The van der Waals surface area contributed by atoms with Crippen molar-refractivity contribution >= 4 is 21.9 Å². The van der Waals surface area contributed by atoms with E-state index >= 15 is 0 Å². The summed E-state index contributed by atoms with van der Waals surface area (Å²) < 4.78 is 8.10. The van der Waals surface area contributed by atoms with Gasteiger partial charge in [0.25, 0.3) is 0 Å². The van der Waals surface area contributed by atoms with E-state index in [4.69, 9.17) is 4.42 Å². The van der Waals surface area contributed by atoms with Crippen LogP contribution in [0.15, 0.2) is 83.5 Å². The van der Waals surface area contributed by atoms with E-state index in [9.17, 15) is 0 Å². The second kappa shape index (κ2) is 5.06. The molecule has 0 aliphatic heterocycles. The maximum atomic E-state index is 6.07. The van der Waals surface area contributed by atoms with E-state index in [1.165, 1.54) is 0 Å². The molecule has 0 radical (unpaired) electrons. The van der Waals surface area contributed by atoms with Crippen molar-refractivity contribution in [3.05, 3.63) is 79.1 Å². The molecule has 0 N–H and O–H groups in total. The van der Waals surface area contributed by atoms with Gasteiger partial charge in [-0.15, -0.1) is 0 Å². The zero-order valence-corrected chi connectivity index (χ0v) is 12.8. The van der Waals surface area contributed by atoms with Crippen molar-refractivity contribution < 1.29 is 4.42 Å². The van der Waals surface area contributed by atoms with Crippen LogP contribution in [0.5, 0.6) is 0 Å². The van der Waals surface area contributed by atoms with Crippen molar-refractivity contribution in [1.29, 1.82) is 0 Å². The van der Waals surface area contributed by atoms with Crippen molar-refractivity contribution in [2.24, 2.45) is 0 Å². The van der Waals surface area contributed by atoms with Crippen LogP contribution in [-0.4, -0.2) is 14.5 Å². The Morgan fingerprint density at radius 3 is 2.33 bits per heavy atom. The Morgan fingerprint density at radius 1 is 0.750 bits per heavy atom. The Labute approximate surface area is 138 Å². The summed E-state index contributed by atoms with van der Waals surface area (Å²) in [6, 6.07) is 22.2. The predicted molar refractivity (Wildman–Crippen MR) is 94.1 cm³/mol. The molecule has 3 heterocycles. The quantitative estimate of drug-likeness (QED) is 0.469. The standard InChI is InChI=1S/C20H13N3O/c1-3-8-16-14(6-1)12-17(23(16)20-21-10-5-11-22-20)19-13-15-7-2-4-9-18(15)24-19/h1-13H. The minimum Gasteiger partial charge on any atom is -0.455 e. The lowest BCUT2D eigenvalue weighted by Crippen LogP contribution is -2.01. The molecule has 24 heavy (non-hydrogen) atoms. The molecule has 0 fully saturated rings. The van der Waals surface area contributed by atoms with Gasteiger partial charge in [-0.1, -0.05) is 36.4 Å². The fourth-order valence-electron chi connectivity index (χ4n) is 3.07. The monoisotopic (exact) mass is 311 g/mol. The number of para-hydroxylation sites is 2. The van der Waals surface area contributed by atoms with Crippen LogP contribution in [0, 0.1) is 0 Å². The van der Waals surface area contributed by atoms with E-state index in [0.29, 0.717) is 5.95 Å². The van der Waals surface area contributed by atoms with Gasteiger partial charge in [-0.25, -0.2) is 9.97 Å². The van der Waals surface area contributed by atoms with Gasteiger partial charge in [-0.2, -0.15) is 0 Å². The largest absolute Gasteiger partial charge is 0.455 e. The Morgan fingerprint density at radius 2 is 1.50 bits per heavy atom. The van der Waals surface area contributed by atoms with Crippen LogP contribution in [0.3, 0.4) is 0 Å². The van der Waals surface area contributed by atoms with E-state index in [1.807, 2.05) is 47.0 Å². The number of benzene rings is 2. The number of rotatable bonds is 2. The molecule has 5 rings (SSSR count). The Bertz CT molecular complexity index is 1120. The van der Waals surface area contributed by atoms with E-state index in [1.54, 1.807) is 12.4 Å². The van der Waals surface area contributed by atoms with Crippen molar-refractivity contribution in [3.63, 3.8) is 0 Å². The fourth-order valence-corrected chi connectivity index (χ4v) is 3.07. The first-order valence-corrected chi connectivity index (χ1v) is 7.77. The van der Waals surface area contributed by atoms with Gasteiger partial charge in [0.2, 0.25) is 5.95 Å². The highest BCUT2D eigenvalue weighted by atomic mass is 16.3. The molecule has 114 valence electrons. The van der Waals surface area contributed by atoms with Gasteiger partial charge in [0.05, 0.1) is 11.2 Å². The first-order chi connectivity index (χ1) is 11.9. The van der Waals surface area contributed by atoms with Gasteiger partial charge in [0.15, 0.2) is 5.76 Å². The highest BCUT2D eigenvalue weighted by Gasteiger charge is 2.16. The summed E-state index contributed by atoms with van der Waals surface area (Å²) in [5.41, 5.74) is 2.87. The van der Waals surface area contributed by atoms with Gasteiger partial charge in [0.1, 0.15) is 5.58 Å². The molecule has 0 aliphatic carbocycles. The van der Waals surface area contributed by atoms with Crippen LogP contribution in [-0.2, 0) is 0 Å². The molecule has 0 atom stereocenters. The predicted octanol–water partition coefficient (Wildman–Crippen LogP) is 4.83. The molecule has 0 saturated carbocycles. The third kappa shape index (κ3) is 1.93. The van der Waals surface area contributed by atoms with E-state index in [-0.39, 0.29) is 0 Å². The number of nitrogens with zero attached hydrogens (tertiary/aromatic N) is 3. The normalized spacial score (nSPS) is 11.3. The lowest BCUT2D eigenvalue weighted by atomic mass is 10.2. The molecule has 4 nitrogen and oxygen atoms in total. The smallest absolute Gasteiger partial charge is 0.234 e. The van der Waals surface area contributed by atoms with E-state index in [2.05, 4.69) is 34.2 Å². The topological polar surface area (TPSA) is 43.9 Å². The fraction of sp³-hybridized carbons (Fsp3) is 0. The first kappa shape index (κ1) is 13.1. The van der Waals surface area contributed by atoms with Crippen LogP contribution in [0.2, 0.25) is 0 Å². The summed E-state index contributed by atoms with van der Waals surface area (Å²) in [6.45, 7) is 0. The average Bonchev–Trinajstić information content (AvgIpc) is 3.23. The summed E-state index contributed by atoms with van der Waals surface area (Å²) >= 11 is 0. The lowest BCUT2D eigenvalue weighted by molar-refractivity contribution is 0.626. The minimum atomic E-state index is 0.633. The van der Waals surface area contributed by atoms with Gasteiger partial charge in [0, 0.05) is 23.2 Å². The maximum Gasteiger partial charge on any atom is 0.234 e. The summed E-state index contributed by atoms with van der Waals surface area (Å²) in [6.07, 6.45) is 3.50. The third-order valence-electron chi connectivity index (χ3n) is 4.14. The number of aromatic nitrogens is 3. The number of hydrogen-bond acceptors (Lipinski definition) is 3. The molecule has 0 bridgehead atoms. The molecule has 0 amide bonds. The Kier molecular flexibility index (Phi) is 2.76. The summed E-state index contributed by atoms with van der Waals surface area (Å²) in [5, 5.41) is 2.21. The Hall–Kier alpha value is -3.40. The molecular formula is C20H13N3O. The lowest BCUT2D eigenvalue weighted by Gasteiger charge is -2.06. The highest BCUT2D eigenvalue weighted by molar-refractivity contribution is 5.90. The molecule has 5 aromatic rings. The second-order valence-corrected chi connectivity index (χ2v) is 5.62. The minimum absolute atomic E-state index is 0.633. The van der Waals surface area contributed by atoms with Crippen molar-refractivity contribution in [3.8, 4) is 17.4 Å². The SMILES string of the molecule is c1cnc(-n2c(-c3cc4ccccc4o3)cc3ccccc32)nc1. The van der Waals surface area contributed by atoms with Crippen LogP contribution >= 0.6 is 0 Å². The van der Waals surface area contributed by atoms with Crippen molar-refractivity contribution in [1.82, 2.24) is 14.5 Å². The number of furan rings is 1.